The van der Waals surface area contributed by atoms with Crippen molar-refractivity contribution in [2.75, 3.05) is 12.4 Å². The molecule has 0 atom stereocenters. The van der Waals surface area contributed by atoms with Crippen LogP contribution in [0.5, 0.6) is 5.75 Å². The number of ether oxygens (including phenoxy) is 1. The summed E-state index contributed by atoms with van der Waals surface area (Å²) in [6, 6.07) is 4.36. The molecule has 0 saturated heterocycles. The quantitative estimate of drug-likeness (QED) is 0.850. The molecule has 0 aliphatic rings. The van der Waals surface area contributed by atoms with Crippen molar-refractivity contribution in [3.63, 3.8) is 0 Å². The Bertz CT molecular complexity index is 452. The Kier molecular flexibility index (Phi) is 3.84. The van der Waals surface area contributed by atoms with Gasteiger partial charge in [0.1, 0.15) is 18.0 Å². The van der Waals surface area contributed by atoms with Crippen molar-refractivity contribution in [3.05, 3.63) is 23.5 Å². The predicted molar refractivity (Wildman–Crippen MR) is 56.5 cm³/mol. The molecule has 1 aromatic carbocycles. The second-order valence-corrected chi connectivity index (χ2v) is 3.14. The van der Waals surface area contributed by atoms with E-state index in [1.54, 1.807) is 13.0 Å². The van der Waals surface area contributed by atoms with Crippen molar-refractivity contribution in [3.8, 4) is 11.8 Å². The van der Waals surface area contributed by atoms with Crippen LogP contribution >= 0.6 is 0 Å². The molecule has 0 aromatic heterocycles. The number of carbonyl (C=O) groups excluding carboxylic acids is 1. The summed E-state index contributed by atoms with van der Waals surface area (Å²) in [5.41, 5.74) is 0.680. The van der Waals surface area contributed by atoms with E-state index in [1.807, 2.05) is 0 Å². The van der Waals surface area contributed by atoms with E-state index in [1.165, 1.54) is 19.2 Å². The average molecular weight is 222 g/mol. The van der Waals surface area contributed by atoms with Gasteiger partial charge in [-0.05, 0) is 19.1 Å². The first-order valence-electron chi connectivity index (χ1n) is 4.60. The van der Waals surface area contributed by atoms with Crippen LogP contribution in [0.4, 0.5) is 10.1 Å². The highest BCUT2D eigenvalue weighted by Gasteiger charge is 2.12. The number of nitriles is 1. The number of nitrogens with zero attached hydrogens (tertiary/aromatic N) is 1. The smallest absolute Gasteiger partial charge is 0.238 e. The molecule has 0 aliphatic carbocycles. The largest absolute Gasteiger partial charge is 0.494 e. The van der Waals surface area contributed by atoms with E-state index in [4.69, 9.17) is 10.00 Å². The van der Waals surface area contributed by atoms with Crippen LogP contribution in [0.15, 0.2) is 12.1 Å². The van der Waals surface area contributed by atoms with Gasteiger partial charge in [0.2, 0.25) is 5.91 Å². The molecule has 0 fully saturated rings. The fourth-order valence-corrected chi connectivity index (χ4v) is 1.30. The molecule has 4 nitrogen and oxygen atoms in total. The molecule has 0 spiro atoms. The summed E-state index contributed by atoms with van der Waals surface area (Å²) in [6.45, 7) is 1.55. The van der Waals surface area contributed by atoms with Crippen LogP contribution in [0.2, 0.25) is 0 Å². The molecule has 0 saturated carbocycles. The third-order valence-corrected chi connectivity index (χ3v) is 2.06. The van der Waals surface area contributed by atoms with Crippen LogP contribution in [0, 0.1) is 24.1 Å². The molecule has 0 heterocycles. The third kappa shape index (κ3) is 2.48. The Hall–Kier alpha value is -2.09. The van der Waals surface area contributed by atoms with Crippen molar-refractivity contribution < 1.29 is 13.9 Å². The minimum atomic E-state index is -0.452. The van der Waals surface area contributed by atoms with Gasteiger partial charge >= 0.3 is 0 Å². The lowest BCUT2D eigenvalue weighted by Crippen LogP contribution is -2.11. The molecule has 5 heteroatoms. The summed E-state index contributed by atoms with van der Waals surface area (Å²) < 4.78 is 18.2. The summed E-state index contributed by atoms with van der Waals surface area (Å²) in [6.07, 6.45) is -0.250. The molecular weight excluding hydrogens is 211 g/mol. The maximum atomic E-state index is 13.2. The number of rotatable bonds is 3. The fourth-order valence-electron chi connectivity index (χ4n) is 1.30. The number of amides is 1. The molecular formula is C11H11FN2O2. The Morgan fingerprint density at radius 3 is 2.88 bits per heavy atom. The van der Waals surface area contributed by atoms with Crippen LogP contribution in [0.3, 0.4) is 0 Å². The first-order chi connectivity index (χ1) is 7.60. The highest BCUT2D eigenvalue weighted by atomic mass is 19.1. The molecule has 0 unspecified atom stereocenters. The van der Waals surface area contributed by atoms with Gasteiger partial charge < -0.3 is 10.1 Å². The normalized spacial score (nSPS) is 9.38. The molecule has 0 bridgehead atoms. The number of carbonyl (C=O) groups is 1. The van der Waals surface area contributed by atoms with E-state index in [2.05, 4.69) is 5.32 Å². The lowest BCUT2D eigenvalue weighted by Gasteiger charge is -2.12. The van der Waals surface area contributed by atoms with Crippen LogP contribution in [0.1, 0.15) is 12.0 Å². The standard InChI is InChI=1S/C11H11FN2O2/c1-7-8(12)3-4-9(11(7)16-2)14-10(15)5-6-13/h3-4H,5H2,1-2H3,(H,14,15). The van der Waals surface area contributed by atoms with Crippen LogP contribution < -0.4 is 10.1 Å². The van der Waals surface area contributed by atoms with Crippen LogP contribution in [-0.2, 0) is 4.79 Å². The van der Waals surface area contributed by atoms with Gasteiger partial charge in [-0.2, -0.15) is 5.26 Å². The Balaban J connectivity index is 3.01. The summed E-state index contributed by atoms with van der Waals surface area (Å²) in [4.78, 5) is 11.2. The van der Waals surface area contributed by atoms with Crippen molar-refractivity contribution in [2.45, 2.75) is 13.3 Å². The molecule has 1 rings (SSSR count). The number of halogens is 1. The lowest BCUT2D eigenvalue weighted by molar-refractivity contribution is -0.115. The third-order valence-electron chi connectivity index (χ3n) is 2.06. The summed E-state index contributed by atoms with van der Waals surface area (Å²) in [5, 5.41) is 10.8. The van der Waals surface area contributed by atoms with Crippen molar-refractivity contribution in [1.29, 1.82) is 5.26 Å². The Morgan fingerprint density at radius 2 is 2.31 bits per heavy atom. The first kappa shape index (κ1) is 12.0. The molecule has 0 radical (unpaired) electrons. The van der Waals surface area contributed by atoms with Gasteiger partial charge in [0.25, 0.3) is 0 Å². The van der Waals surface area contributed by atoms with E-state index in [-0.39, 0.29) is 12.2 Å². The number of anilines is 1. The van der Waals surface area contributed by atoms with Crippen molar-refractivity contribution >= 4 is 11.6 Å². The lowest BCUT2D eigenvalue weighted by atomic mass is 10.1. The SMILES string of the molecule is COc1c(NC(=O)CC#N)ccc(F)c1C. The number of hydrogen-bond acceptors (Lipinski definition) is 3. The monoisotopic (exact) mass is 222 g/mol. The van der Waals surface area contributed by atoms with Gasteiger partial charge in [-0.1, -0.05) is 0 Å². The number of methoxy groups -OCH3 is 1. The topological polar surface area (TPSA) is 62.1 Å². The van der Waals surface area contributed by atoms with Gasteiger partial charge in [0.15, 0.2) is 0 Å². The first-order valence-corrected chi connectivity index (χ1v) is 4.60. The minimum absolute atomic E-state index is 0.250. The number of nitrogens with one attached hydrogen (secondary N) is 1. The molecule has 1 aromatic rings. The molecule has 1 N–H and O–H groups in total. The highest BCUT2D eigenvalue weighted by molar-refractivity contribution is 5.93. The van der Waals surface area contributed by atoms with E-state index in [0.29, 0.717) is 11.3 Å². The number of benzene rings is 1. The summed E-state index contributed by atoms with van der Waals surface area (Å²) in [5.74, 6) is -0.590. The van der Waals surface area contributed by atoms with Crippen LogP contribution in [0.25, 0.3) is 0 Å². The zero-order valence-corrected chi connectivity index (χ0v) is 9.00. The van der Waals surface area contributed by atoms with E-state index in [9.17, 15) is 9.18 Å². The average Bonchev–Trinajstić information content (AvgIpc) is 2.24. The summed E-state index contributed by atoms with van der Waals surface area (Å²) >= 11 is 0. The van der Waals surface area contributed by atoms with Crippen LogP contribution in [-0.4, -0.2) is 13.0 Å². The highest BCUT2D eigenvalue weighted by Crippen LogP contribution is 2.30. The minimum Gasteiger partial charge on any atom is -0.494 e. The number of hydrogen-bond donors (Lipinski definition) is 1. The maximum Gasteiger partial charge on any atom is 0.238 e. The van der Waals surface area contributed by atoms with Gasteiger partial charge in [-0.15, -0.1) is 0 Å². The van der Waals surface area contributed by atoms with Crippen molar-refractivity contribution in [2.24, 2.45) is 0 Å². The second-order valence-electron chi connectivity index (χ2n) is 3.14. The van der Waals surface area contributed by atoms with Gasteiger partial charge in [-0.25, -0.2) is 4.39 Å². The predicted octanol–water partition coefficient (Wildman–Crippen LogP) is 1.99. The maximum absolute atomic E-state index is 13.2. The zero-order chi connectivity index (χ0) is 12.1. The van der Waals surface area contributed by atoms with Gasteiger partial charge in [-0.3, -0.25) is 4.79 Å². The fraction of sp³-hybridized carbons (Fsp3) is 0.273. The Morgan fingerprint density at radius 1 is 1.62 bits per heavy atom. The summed E-state index contributed by atoms with van der Waals surface area (Å²) in [7, 11) is 1.39. The molecule has 84 valence electrons. The Labute approximate surface area is 92.6 Å². The van der Waals surface area contributed by atoms with E-state index >= 15 is 0 Å². The van der Waals surface area contributed by atoms with E-state index < -0.39 is 11.7 Å². The van der Waals surface area contributed by atoms with Gasteiger partial charge in [0.05, 0.1) is 18.9 Å². The van der Waals surface area contributed by atoms with E-state index in [0.717, 1.165) is 0 Å². The molecule has 1 amide bonds. The molecule has 0 aliphatic heterocycles. The second kappa shape index (κ2) is 5.12. The van der Waals surface area contributed by atoms with Crippen molar-refractivity contribution in [1.82, 2.24) is 0 Å². The van der Waals surface area contributed by atoms with Gasteiger partial charge in [0, 0.05) is 5.56 Å². The zero-order valence-electron chi connectivity index (χ0n) is 9.00. The molecule has 16 heavy (non-hydrogen) atoms.